The van der Waals surface area contributed by atoms with Crippen LogP contribution in [-0.2, 0) is 30.2 Å². The highest BCUT2D eigenvalue weighted by molar-refractivity contribution is 7.88. The fourth-order valence-corrected chi connectivity index (χ4v) is 15.0. The van der Waals surface area contributed by atoms with Crippen LogP contribution in [-0.4, -0.2) is 106 Å². The average Bonchev–Trinajstić information content (AvgIpc) is 4.22. The molecule has 1 aromatic heterocycles. The van der Waals surface area contributed by atoms with E-state index in [9.17, 15) is 42.3 Å². The van der Waals surface area contributed by atoms with Crippen molar-refractivity contribution in [3.63, 3.8) is 0 Å². The van der Waals surface area contributed by atoms with Gasteiger partial charge in [0.05, 0.1) is 16.3 Å². The Morgan fingerprint density at radius 2 is 1.58 bits per heavy atom. The number of thiophene rings is 1. The molecular formula is C51H49FN6O11S2. The number of piperidine rings is 3. The Balaban J connectivity index is 0.727. The summed E-state index contributed by atoms with van der Waals surface area (Å²) >= 11 is 0.654. The first-order chi connectivity index (χ1) is 34.0. The Kier molecular flexibility index (Phi) is 11.4. The number of hydrogen-bond acceptors (Lipinski definition) is 11. The van der Waals surface area contributed by atoms with Crippen molar-refractivity contribution in [3.05, 3.63) is 106 Å². The van der Waals surface area contributed by atoms with Crippen molar-refractivity contribution in [2.75, 3.05) is 35.2 Å². The van der Waals surface area contributed by atoms with E-state index in [0.29, 0.717) is 110 Å². The number of nitrogens with zero attached hydrogens (tertiary/aromatic N) is 3. The van der Waals surface area contributed by atoms with Crippen LogP contribution >= 0.6 is 11.3 Å². The monoisotopic (exact) mass is 1000 g/mol. The van der Waals surface area contributed by atoms with Crippen LogP contribution in [0.1, 0.15) is 101 Å². The SMILES string of the molecule is O=C(O)COc1c(C(=O)O)sc(-c2cccc(NC3CC4(CC4)N(S(=O)(=O)Cc4cccc(NC(=O)N5CCC(c6ccc7c8c(cccc68)C(=O)N7C6CCC(=O)NC6=O)CC5)c4)C4(CC4)C3)c2)c1F. The Bertz CT molecular complexity index is 3190. The fraction of sp³-hybridized carbons (Fsp3) is 0.373. The fourth-order valence-electron chi connectivity index (χ4n) is 11.7. The number of rotatable bonds is 13. The highest BCUT2D eigenvalue weighted by Crippen LogP contribution is 2.62. The van der Waals surface area contributed by atoms with Crippen molar-refractivity contribution in [1.82, 2.24) is 14.5 Å². The maximum atomic E-state index is 15.6. The summed E-state index contributed by atoms with van der Waals surface area (Å²) in [5.74, 6) is -5.62. The molecule has 17 nitrogen and oxygen atoms in total. The van der Waals surface area contributed by atoms with E-state index in [0.717, 1.165) is 16.3 Å². The molecule has 4 aliphatic heterocycles. The van der Waals surface area contributed by atoms with Gasteiger partial charge in [0.2, 0.25) is 21.8 Å². The molecular weight excluding hydrogens is 956 g/mol. The number of hydrogen-bond donors (Lipinski definition) is 5. The zero-order valence-corrected chi connectivity index (χ0v) is 39.9. The molecule has 1 atom stereocenters. The van der Waals surface area contributed by atoms with Crippen LogP contribution < -0.4 is 25.6 Å². The molecule has 3 saturated heterocycles. The number of carbonyl (C=O) groups is 6. The lowest BCUT2D eigenvalue weighted by Gasteiger charge is -2.46. The first kappa shape index (κ1) is 46.5. The number of carboxylic acid groups (broad SMARTS) is 2. The molecule has 2 aliphatic carbocycles. The van der Waals surface area contributed by atoms with E-state index in [1.165, 1.54) is 4.90 Å². The average molecular weight is 1010 g/mol. The van der Waals surface area contributed by atoms with E-state index in [2.05, 4.69) is 16.0 Å². The van der Waals surface area contributed by atoms with Crippen LogP contribution in [0.5, 0.6) is 5.75 Å². The third kappa shape index (κ3) is 8.44. The molecule has 2 saturated carbocycles. The maximum absolute atomic E-state index is 15.6. The number of nitrogens with one attached hydrogen (secondary N) is 3. The quantitative estimate of drug-likeness (QED) is 0.0722. The predicted molar refractivity (Wildman–Crippen MR) is 261 cm³/mol. The molecule has 20 heteroatoms. The largest absolute Gasteiger partial charge is 0.479 e. The van der Waals surface area contributed by atoms with Crippen molar-refractivity contribution >= 4 is 84.9 Å². The van der Waals surface area contributed by atoms with Gasteiger partial charge in [-0.2, -0.15) is 4.31 Å². The molecule has 2 spiro atoms. The standard InChI is InChI=1S/C51H49FN6O11S2/c52-42-43(69-26-40(60)61)45(48(64)65)70-44(42)30-5-2-7-32(23-30)53-33-24-50(16-17-50)58(51(25-33)18-19-51)71(67,68)27-28-4-1-6-31(22-28)54-49(66)56-20-14-29(15-21-56)34-10-11-37-41-35(34)8-3-9-36(41)47(63)57(37)38-12-13-39(59)55-46(38)62/h1-11,22-23,29,33,38,53H,12-21,24-27H2,(H,54,66)(H,60,61)(H,64,65)(H,55,59,62). The van der Waals surface area contributed by atoms with Gasteiger partial charge in [-0.15, -0.1) is 11.3 Å². The summed E-state index contributed by atoms with van der Waals surface area (Å²) in [5, 5.41) is 29.3. The molecule has 4 aromatic carbocycles. The lowest BCUT2D eigenvalue weighted by molar-refractivity contribution is -0.139. The van der Waals surface area contributed by atoms with E-state index in [1.807, 2.05) is 30.3 Å². The van der Waals surface area contributed by atoms with Crippen LogP contribution in [0.25, 0.3) is 21.2 Å². The summed E-state index contributed by atoms with van der Waals surface area (Å²) < 4.78 is 51.5. The molecule has 5 heterocycles. The highest BCUT2D eigenvalue weighted by Gasteiger charge is 2.68. The van der Waals surface area contributed by atoms with Gasteiger partial charge in [-0.3, -0.25) is 24.6 Å². The lowest BCUT2D eigenvalue weighted by atomic mass is 9.85. The van der Waals surface area contributed by atoms with E-state index in [-0.39, 0.29) is 53.3 Å². The smallest absolute Gasteiger partial charge is 0.349 e. The molecule has 6 aliphatic rings. The molecule has 5 N–H and O–H groups in total. The first-order valence-corrected chi connectivity index (χ1v) is 26.1. The van der Waals surface area contributed by atoms with Crippen LogP contribution in [0, 0.1) is 5.82 Å². The number of halogens is 1. The van der Waals surface area contributed by atoms with Gasteiger partial charge in [-0.05, 0) is 122 Å². The Morgan fingerprint density at radius 1 is 0.873 bits per heavy atom. The number of aromatic carboxylic acids is 1. The number of urea groups is 1. The molecule has 5 amide bonds. The molecule has 1 unspecified atom stereocenters. The van der Waals surface area contributed by atoms with Gasteiger partial charge in [-0.25, -0.2) is 27.2 Å². The number of amides is 5. The van der Waals surface area contributed by atoms with Gasteiger partial charge < -0.3 is 30.5 Å². The van der Waals surface area contributed by atoms with E-state index in [1.54, 1.807) is 57.7 Å². The van der Waals surface area contributed by atoms with Crippen LogP contribution in [0.4, 0.5) is 26.2 Å². The second-order valence-corrected chi connectivity index (χ2v) is 22.5. The summed E-state index contributed by atoms with van der Waals surface area (Å²) in [5.41, 5.74) is 3.19. The van der Waals surface area contributed by atoms with Gasteiger partial charge in [-0.1, -0.05) is 42.5 Å². The molecule has 0 radical (unpaired) electrons. The zero-order valence-electron chi connectivity index (χ0n) is 38.2. The molecule has 5 aromatic rings. The minimum atomic E-state index is -3.83. The molecule has 368 valence electrons. The number of sulfonamides is 1. The van der Waals surface area contributed by atoms with E-state index < -0.39 is 68.0 Å². The van der Waals surface area contributed by atoms with Gasteiger partial charge in [0.1, 0.15) is 6.04 Å². The molecule has 5 fully saturated rings. The topological polar surface area (TPSA) is 232 Å². The second-order valence-electron chi connectivity index (χ2n) is 19.6. The van der Waals surface area contributed by atoms with Crippen LogP contribution in [0.2, 0.25) is 0 Å². The summed E-state index contributed by atoms with van der Waals surface area (Å²) in [6.07, 6.45) is 5.72. The van der Waals surface area contributed by atoms with Gasteiger partial charge in [0.25, 0.3) is 5.91 Å². The second kappa shape index (κ2) is 17.4. The molecule has 0 bridgehead atoms. The van der Waals surface area contributed by atoms with Crippen LogP contribution in [0.3, 0.4) is 0 Å². The number of imide groups is 1. The number of ether oxygens (including phenoxy) is 1. The predicted octanol–water partition coefficient (Wildman–Crippen LogP) is 7.52. The van der Waals surface area contributed by atoms with Crippen molar-refractivity contribution in [2.45, 2.75) is 99.0 Å². The third-order valence-electron chi connectivity index (χ3n) is 14.9. The van der Waals surface area contributed by atoms with E-state index in [4.69, 9.17) is 9.84 Å². The minimum Gasteiger partial charge on any atom is -0.479 e. The van der Waals surface area contributed by atoms with Gasteiger partial charge in [0, 0.05) is 59.0 Å². The Hall–Kier alpha value is -6.90. The number of anilines is 3. The third-order valence-corrected chi connectivity index (χ3v) is 18.1. The Morgan fingerprint density at radius 3 is 2.27 bits per heavy atom. The van der Waals surface area contributed by atoms with Gasteiger partial charge >= 0.3 is 18.0 Å². The molecule has 71 heavy (non-hydrogen) atoms. The van der Waals surface area contributed by atoms with Gasteiger partial charge in [0.15, 0.2) is 23.1 Å². The number of benzene rings is 4. The summed E-state index contributed by atoms with van der Waals surface area (Å²) in [7, 11) is -3.83. The lowest BCUT2D eigenvalue weighted by Crippen LogP contribution is -2.58. The highest BCUT2D eigenvalue weighted by atomic mass is 32.2. The number of likely N-dealkylation sites (tertiary alicyclic amines) is 1. The van der Waals surface area contributed by atoms with Crippen LogP contribution in [0.15, 0.2) is 78.9 Å². The van der Waals surface area contributed by atoms with E-state index >= 15 is 4.39 Å². The van der Waals surface area contributed by atoms with Crippen molar-refractivity contribution in [3.8, 4) is 16.2 Å². The number of aliphatic carboxylic acids is 1. The normalized spacial score (nSPS) is 21.4. The zero-order chi connectivity index (χ0) is 49.6. The number of carbonyl (C=O) groups excluding carboxylic acids is 4. The summed E-state index contributed by atoms with van der Waals surface area (Å²) in [4.78, 5) is 77.8. The minimum absolute atomic E-state index is 0.0102. The van der Waals surface area contributed by atoms with Crippen molar-refractivity contribution < 1.29 is 56.5 Å². The van der Waals surface area contributed by atoms with Crippen molar-refractivity contribution in [1.29, 1.82) is 0 Å². The maximum Gasteiger partial charge on any atom is 0.349 e. The first-order valence-electron chi connectivity index (χ1n) is 23.7. The Labute approximate surface area is 411 Å². The van der Waals surface area contributed by atoms with Crippen molar-refractivity contribution in [2.24, 2.45) is 0 Å². The summed E-state index contributed by atoms with van der Waals surface area (Å²) in [6, 6.07) is 22.1. The summed E-state index contributed by atoms with van der Waals surface area (Å²) in [6.45, 7) is 0.0484. The number of carboxylic acids is 2. The molecule has 11 rings (SSSR count).